The Labute approximate surface area is 124 Å². The van der Waals surface area contributed by atoms with E-state index in [1.165, 1.54) is 22.5 Å². The molecule has 1 aliphatic rings. The number of nitrogens with zero attached hydrogens (tertiary/aromatic N) is 2. The van der Waals surface area contributed by atoms with Crippen LogP contribution in [0.4, 0.5) is 0 Å². The maximum absolute atomic E-state index is 12.8. The first-order valence-corrected chi connectivity index (χ1v) is 8.24. The van der Waals surface area contributed by atoms with Crippen LogP contribution >= 0.6 is 11.6 Å². The minimum Gasteiger partial charge on any atom is -0.313 e. The van der Waals surface area contributed by atoms with Gasteiger partial charge in [0.05, 0.1) is 11.6 Å². The van der Waals surface area contributed by atoms with Crippen LogP contribution in [0.3, 0.4) is 0 Å². The molecule has 1 aliphatic heterocycles. The first kappa shape index (κ1) is 15.3. The molecule has 0 atom stereocenters. The molecule has 20 heavy (non-hydrogen) atoms. The molecule has 1 heterocycles. The van der Waals surface area contributed by atoms with E-state index in [-0.39, 0.29) is 16.5 Å². The maximum Gasteiger partial charge on any atom is 0.244 e. The number of sulfonamides is 1. The fourth-order valence-electron chi connectivity index (χ4n) is 2.12. The summed E-state index contributed by atoms with van der Waals surface area (Å²) in [7, 11) is -3.70. The average molecular weight is 314 g/mol. The van der Waals surface area contributed by atoms with Crippen molar-refractivity contribution in [2.24, 2.45) is 0 Å². The SMILES string of the molecule is CCCN(C1CNC1)S(=O)(=O)c1cc(Cl)ccc1C#N. The third-order valence-corrected chi connectivity index (χ3v) is 5.49. The molecule has 1 aromatic carbocycles. The Balaban J connectivity index is 2.47. The van der Waals surface area contributed by atoms with Gasteiger partial charge >= 0.3 is 0 Å². The zero-order valence-electron chi connectivity index (χ0n) is 11.1. The molecule has 0 bridgehead atoms. The first-order chi connectivity index (χ1) is 9.50. The van der Waals surface area contributed by atoms with Crippen molar-refractivity contribution in [1.29, 1.82) is 5.26 Å². The number of benzene rings is 1. The van der Waals surface area contributed by atoms with Crippen LogP contribution in [-0.4, -0.2) is 38.4 Å². The molecular weight excluding hydrogens is 298 g/mol. The van der Waals surface area contributed by atoms with Gasteiger partial charge in [0.15, 0.2) is 0 Å². The lowest BCUT2D eigenvalue weighted by Gasteiger charge is -2.37. The lowest BCUT2D eigenvalue weighted by Crippen LogP contribution is -2.58. The normalized spacial score (nSPS) is 15.9. The molecule has 108 valence electrons. The Morgan fingerprint density at radius 2 is 2.20 bits per heavy atom. The van der Waals surface area contributed by atoms with Crippen LogP contribution in [0.15, 0.2) is 23.1 Å². The van der Waals surface area contributed by atoms with Crippen molar-refractivity contribution in [3.8, 4) is 6.07 Å². The van der Waals surface area contributed by atoms with Gasteiger partial charge in [0.25, 0.3) is 0 Å². The Kier molecular flexibility index (Phi) is 4.66. The monoisotopic (exact) mass is 313 g/mol. The largest absolute Gasteiger partial charge is 0.313 e. The fourth-order valence-corrected chi connectivity index (χ4v) is 4.25. The Morgan fingerprint density at radius 3 is 2.70 bits per heavy atom. The average Bonchev–Trinajstić information content (AvgIpc) is 2.36. The van der Waals surface area contributed by atoms with Crippen LogP contribution in [0.25, 0.3) is 0 Å². The minimum absolute atomic E-state index is 0.00662. The summed E-state index contributed by atoms with van der Waals surface area (Å²) >= 11 is 5.88. The van der Waals surface area contributed by atoms with E-state index in [2.05, 4.69) is 5.32 Å². The van der Waals surface area contributed by atoms with E-state index in [0.717, 1.165) is 6.42 Å². The summed E-state index contributed by atoms with van der Waals surface area (Å²) in [4.78, 5) is -0.00662. The molecule has 1 saturated heterocycles. The van der Waals surface area contributed by atoms with Gasteiger partial charge in [0, 0.05) is 24.7 Å². The van der Waals surface area contributed by atoms with Crippen molar-refractivity contribution in [3.63, 3.8) is 0 Å². The summed E-state index contributed by atoms with van der Waals surface area (Å²) in [5.41, 5.74) is 0.128. The van der Waals surface area contributed by atoms with Gasteiger partial charge in [-0.05, 0) is 24.6 Å². The van der Waals surface area contributed by atoms with E-state index in [4.69, 9.17) is 16.9 Å². The van der Waals surface area contributed by atoms with Crippen LogP contribution < -0.4 is 5.32 Å². The highest BCUT2D eigenvalue weighted by Crippen LogP contribution is 2.26. The van der Waals surface area contributed by atoms with Crippen molar-refractivity contribution in [1.82, 2.24) is 9.62 Å². The van der Waals surface area contributed by atoms with Gasteiger partial charge in [-0.25, -0.2) is 8.42 Å². The van der Waals surface area contributed by atoms with Gasteiger partial charge in [-0.2, -0.15) is 9.57 Å². The quantitative estimate of drug-likeness (QED) is 0.896. The Bertz CT molecular complexity index is 636. The van der Waals surface area contributed by atoms with Crippen LogP contribution in [0.1, 0.15) is 18.9 Å². The summed E-state index contributed by atoms with van der Waals surface area (Å²) in [5, 5.41) is 12.5. The molecule has 0 unspecified atom stereocenters. The second-order valence-corrected chi connectivity index (χ2v) is 6.98. The van der Waals surface area contributed by atoms with Crippen molar-refractivity contribution >= 4 is 21.6 Å². The second kappa shape index (κ2) is 6.10. The molecule has 1 aromatic rings. The Morgan fingerprint density at radius 1 is 1.50 bits per heavy atom. The lowest BCUT2D eigenvalue weighted by atomic mass is 10.2. The molecule has 7 heteroatoms. The molecule has 0 aliphatic carbocycles. The molecule has 5 nitrogen and oxygen atoms in total. The van der Waals surface area contributed by atoms with Gasteiger partial charge in [-0.3, -0.25) is 0 Å². The second-order valence-electron chi connectivity index (χ2n) is 4.68. The highest BCUT2D eigenvalue weighted by molar-refractivity contribution is 7.89. The van der Waals surface area contributed by atoms with Gasteiger partial charge in [-0.15, -0.1) is 0 Å². The van der Waals surface area contributed by atoms with E-state index in [1.54, 1.807) is 0 Å². The molecule has 1 N–H and O–H groups in total. The van der Waals surface area contributed by atoms with Crippen molar-refractivity contribution in [2.75, 3.05) is 19.6 Å². The number of rotatable bonds is 5. The molecule has 1 fully saturated rings. The third kappa shape index (κ3) is 2.81. The summed E-state index contributed by atoms with van der Waals surface area (Å²) in [6.07, 6.45) is 0.720. The standard InChI is InChI=1S/C13H16ClN3O2S/c1-2-5-17(12-8-16-9-12)20(18,19)13-6-11(14)4-3-10(13)7-15/h3-4,6,12,16H,2,5,8-9H2,1H3. The highest BCUT2D eigenvalue weighted by atomic mass is 35.5. The number of hydrogen-bond acceptors (Lipinski definition) is 4. The van der Waals surface area contributed by atoms with Gasteiger partial charge < -0.3 is 5.32 Å². The highest BCUT2D eigenvalue weighted by Gasteiger charge is 2.35. The molecule has 2 rings (SSSR count). The van der Waals surface area contributed by atoms with Crippen molar-refractivity contribution in [2.45, 2.75) is 24.3 Å². The number of halogens is 1. The maximum atomic E-state index is 12.8. The first-order valence-electron chi connectivity index (χ1n) is 6.43. The van der Waals surface area contributed by atoms with Crippen LogP contribution in [-0.2, 0) is 10.0 Å². The molecule has 0 radical (unpaired) electrons. The Hall–Kier alpha value is -1.13. The molecule has 0 saturated carbocycles. The minimum atomic E-state index is -3.70. The molecule has 0 amide bonds. The number of nitrogens with one attached hydrogen (secondary N) is 1. The van der Waals surface area contributed by atoms with E-state index in [0.29, 0.717) is 24.7 Å². The number of nitriles is 1. The van der Waals surface area contributed by atoms with Crippen molar-refractivity contribution < 1.29 is 8.42 Å². The molecule has 0 spiro atoms. The predicted octanol–water partition coefficient (Wildman–Crippen LogP) is 1.58. The van der Waals surface area contributed by atoms with Crippen LogP contribution in [0.5, 0.6) is 0 Å². The van der Waals surface area contributed by atoms with E-state index < -0.39 is 10.0 Å². The van der Waals surface area contributed by atoms with E-state index >= 15 is 0 Å². The van der Waals surface area contributed by atoms with E-state index in [9.17, 15) is 8.42 Å². The summed E-state index contributed by atoms with van der Waals surface area (Å²) in [5.74, 6) is 0. The number of hydrogen-bond donors (Lipinski definition) is 1. The zero-order valence-corrected chi connectivity index (χ0v) is 12.7. The van der Waals surface area contributed by atoms with E-state index in [1.807, 2.05) is 13.0 Å². The third-order valence-electron chi connectivity index (χ3n) is 3.26. The lowest BCUT2D eigenvalue weighted by molar-refractivity contribution is 0.242. The summed E-state index contributed by atoms with van der Waals surface area (Å²) in [6.45, 7) is 3.65. The topological polar surface area (TPSA) is 73.2 Å². The fraction of sp³-hybridized carbons (Fsp3) is 0.462. The zero-order chi connectivity index (χ0) is 14.8. The van der Waals surface area contributed by atoms with Gasteiger partial charge in [0.2, 0.25) is 10.0 Å². The molecule has 0 aromatic heterocycles. The van der Waals surface area contributed by atoms with Gasteiger partial charge in [0.1, 0.15) is 11.0 Å². The molecular formula is C13H16ClN3O2S. The summed E-state index contributed by atoms with van der Waals surface area (Å²) in [6, 6.07) is 6.19. The van der Waals surface area contributed by atoms with Crippen molar-refractivity contribution in [3.05, 3.63) is 28.8 Å². The van der Waals surface area contributed by atoms with Gasteiger partial charge in [-0.1, -0.05) is 18.5 Å². The van der Waals surface area contributed by atoms with Crippen LogP contribution in [0.2, 0.25) is 5.02 Å². The smallest absolute Gasteiger partial charge is 0.244 e. The predicted molar refractivity (Wildman–Crippen MR) is 77.0 cm³/mol. The summed E-state index contributed by atoms with van der Waals surface area (Å²) < 4.78 is 27.0. The van der Waals surface area contributed by atoms with Crippen LogP contribution in [0, 0.1) is 11.3 Å².